The Morgan fingerprint density at radius 2 is 1.97 bits per heavy atom. The average Bonchev–Trinajstić information content (AvgIpc) is 3.12. The summed E-state index contributed by atoms with van der Waals surface area (Å²) in [4.78, 5) is 11.2. The Morgan fingerprint density at radius 1 is 1.18 bits per heavy atom. The minimum absolute atomic E-state index is 0.158. The van der Waals surface area contributed by atoms with Crippen molar-refractivity contribution in [2.45, 2.75) is 57.0 Å². The number of aliphatic hydroxyl groups excluding tert-OH is 1. The van der Waals surface area contributed by atoms with E-state index in [1.54, 1.807) is 12.1 Å². The summed E-state index contributed by atoms with van der Waals surface area (Å²) in [6, 6.07) is 5.87. The molecule has 2 fully saturated rings. The number of nitrogens with one attached hydrogen (secondary N) is 1. The molecule has 0 amide bonds. The van der Waals surface area contributed by atoms with Gasteiger partial charge in [0.25, 0.3) is 6.01 Å². The molecule has 2 aliphatic rings. The van der Waals surface area contributed by atoms with E-state index in [9.17, 15) is 23.4 Å². The van der Waals surface area contributed by atoms with Gasteiger partial charge in [0.15, 0.2) is 5.58 Å². The van der Waals surface area contributed by atoms with Crippen LogP contribution < -0.4 is 5.32 Å². The smallest absolute Gasteiger partial charge is 0.416 e. The van der Waals surface area contributed by atoms with Crippen LogP contribution in [0.3, 0.4) is 0 Å². The molecule has 7 nitrogen and oxygen atoms in total. The van der Waals surface area contributed by atoms with Crippen molar-refractivity contribution < 1.29 is 27.8 Å². The Balaban J connectivity index is 1.35. The molecule has 1 aromatic carbocycles. The van der Waals surface area contributed by atoms with Gasteiger partial charge in [0, 0.05) is 24.2 Å². The largest absolute Gasteiger partial charge is 0.507 e. The highest BCUT2D eigenvalue weighted by Crippen LogP contribution is 2.39. The van der Waals surface area contributed by atoms with E-state index in [2.05, 4.69) is 20.2 Å². The van der Waals surface area contributed by atoms with Crippen molar-refractivity contribution >= 4 is 17.2 Å². The Labute approximate surface area is 188 Å². The van der Waals surface area contributed by atoms with Gasteiger partial charge in [0.1, 0.15) is 5.75 Å². The van der Waals surface area contributed by atoms with Crippen LogP contribution >= 0.6 is 0 Å². The molecule has 2 aromatic heterocycles. The zero-order valence-corrected chi connectivity index (χ0v) is 18.1. The van der Waals surface area contributed by atoms with Crippen LogP contribution in [0.15, 0.2) is 28.7 Å². The van der Waals surface area contributed by atoms with Crippen LogP contribution in [0.2, 0.25) is 0 Å². The monoisotopic (exact) mass is 462 g/mol. The molecule has 3 N–H and O–H groups in total. The molecule has 1 saturated carbocycles. The fraction of sp³-hybridized carbons (Fsp3) is 0.478. The number of pyridine rings is 1. The molecule has 0 radical (unpaired) electrons. The van der Waals surface area contributed by atoms with Gasteiger partial charge in [-0.05, 0) is 69.0 Å². The van der Waals surface area contributed by atoms with Gasteiger partial charge in [0.2, 0.25) is 5.65 Å². The second-order valence-electron chi connectivity index (χ2n) is 8.98. The number of piperidine rings is 1. The summed E-state index contributed by atoms with van der Waals surface area (Å²) in [6.07, 6.45) is -1.08. The number of benzene rings is 1. The maximum atomic E-state index is 13.0. The standard InChI is InChI=1S/C23H25F3N4O3/c1-12-7-13(23(24,25)26)8-18(32)20(12)17-4-5-19-21(28-17)29-22(33-19)27-14-3-2-6-30(11-14)15-9-16(31)10-15/h4-5,7-8,14-16,31-32H,2-3,6,9-11H2,1H3,(H,27,28,29)/t14-,15?,16?/m1/s1. The van der Waals surface area contributed by atoms with Crippen molar-refractivity contribution in [3.8, 4) is 17.0 Å². The first-order chi connectivity index (χ1) is 15.7. The lowest BCUT2D eigenvalue weighted by Gasteiger charge is -2.44. The van der Waals surface area contributed by atoms with E-state index >= 15 is 0 Å². The Bertz CT molecular complexity index is 1150. The lowest BCUT2D eigenvalue weighted by molar-refractivity contribution is -0.137. The van der Waals surface area contributed by atoms with Crippen molar-refractivity contribution in [2.24, 2.45) is 0 Å². The number of aliphatic hydroxyl groups is 1. The lowest BCUT2D eigenvalue weighted by atomic mass is 9.86. The zero-order valence-electron chi connectivity index (χ0n) is 18.1. The number of phenols is 1. The molecular weight excluding hydrogens is 437 g/mol. The Morgan fingerprint density at radius 3 is 2.67 bits per heavy atom. The Hall–Kier alpha value is -2.85. The number of alkyl halides is 3. The lowest BCUT2D eigenvalue weighted by Crippen LogP contribution is -2.53. The number of likely N-dealkylation sites (tertiary alicyclic amines) is 1. The molecule has 176 valence electrons. The van der Waals surface area contributed by atoms with Crippen molar-refractivity contribution in [2.75, 3.05) is 18.4 Å². The highest BCUT2D eigenvalue weighted by Gasteiger charge is 2.35. The summed E-state index contributed by atoms with van der Waals surface area (Å²) in [5.41, 5.74) is 0.655. The first kappa shape index (κ1) is 22.0. The number of hydrogen-bond acceptors (Lipinski definition) is 7. The van der Waals surface area contributed by atoms with Crippen LogP contribution in [0.25, 0.3) is 22.5 Å². The number of halogens is 3. The van der Waals surface area contributed by atoms with Gasteiger partial charge in [-0.3, -0.25) is 4.90 Å². The molecule has 0 unspecified atom stereocenters. The summed E-state index contributed by atoms with van der Waals surface area (Å²) in [7, 11) is 0. The number of oxazole rings is 1. The summed E-state index contributed by atoms with van der Waals surface area (Å²) in [5.74, 6) is -0.487. The molecular formula is C23H25F3N4O3. The molecule has 33 heavy (non-hydrogen) atoms. The maximum Gasteiger partial charge on any atom is 0.416 e. The molecule has 0 bridgehead atoms. The van der Waals surface area contributed by atoms with Gasteiger partial charge in [0.05, 0.1) is 17.4 Å². The third-order valence-electron chi connectivity index (χ3n) is 6.54. The highest BCUT2D eigenvalue weighted by molar-refractivity contribution is 5.78. The number of nitrogens with zero attached hydrogens (tertiary/aromatic N) is 3. The number of aromatic hydroxyl groups is 1. The van der Waals surface area contributed by atoms with Crippen molar-refractivity contribution in [3.05, 3.63) is 35.4 Å². The SMILES string of the molecule is Cc1cc(C(F)(F)F)cc(O)c1-c1ccc2oc(N[C@@H]3CCCN(C4CC(O)C4)C3)nc2n1. The van der Waals surface area contributed by atoms with Gasteiger partial charge in [-0.25, -0.2) is 4.98 Å². The topological polar surface area (TPSA) is 94.7 Å². The molecule has 3 aromatic rings. The maximum absolute atomic E-state index is 13.0. The van der Waals surface area contributed by atoms with Gasteiger partial charge >= 0.3 is 6.18 Å². The fourth-order valence-electron chi connectivity index (χ4n) is 4.77. The third-order valence-corrected chi connectivity index (χ3v) is 6.54. The average molecular weight is 462 g/mol. The number of hydrogen-bond donors (Lipinski definition) is 3. The van der Waals surface area contributed by atoms with E-state index in [1.165, 1.54) is 6.92 Å². The number of aryl methyl sites for hydroxylation is 1. The molecule has 1 atom stereocenters. The molecule has 1 saturated heterocycles. The van der Waals surface area contributed by atoms with Crippen LogP contribution in [0.5, 0.6) is 5.75 Å². The van der Waals surface area contributed by atoms with Crippen LogP contribution in [0.1, 0.15) is 36.8 Å². The molecule has 1 aliphatic carbocycles. The van der Waals surface area contributed by atoms with E-state index in [1.807, 2.05) is 0 Å². The number of rotatable bonds is 4. The van der Waals surface area contributed by atoms with Crippen molar-refractivity contribution in [1.82, 2.24) is 14.9 Å². The van der Waals surface area contributed by atoms with Crippen LogP contribution in [-0.4, -0.2) is 56.4 Å². The van der Waals surface area contributed by atoms with Crippen LogP contribution in [0, 0.1) is 6.92 Å². The molecule has 10 heteroatoms. The van der Waals surface area contributed by atoms with E-state index < -0.39 is 17.5 Å². The highest BCUT2D eigenvalue weighted by atomic mass is 19.4. The molecule has 5 rings (SSSR count). The van der Waals surface area contributed by atoms with Crippen molar-refractivity contribution in [3.63, 3.8) is 0 Å². The minimum Gasteiger partial charge on any atom is -0.507 e. The van der Waals surface area contributed by atoms with Crippen LogP contribution in [-0.2, 0) is 6.18 Å². The quantitative estimate of drug-likeness (QED) is 0.532. The minimum atomic E-state index is -4.54. The fourth-order valence-corrected chi connectivity index (χ4v) is 4.77. The van der Waals surface area contributed by atoms with E-state index in [0.717, 1.165) is 44.8 Å². The predicted octanol–water partition coefficient (Wildman–Crippen LogP) is 4.32. The predicted molar refractivity (Wildman–Crippen MR) is 116 cm³/mol. The Kier molecular flexibility index (Phi) is 5.44. The zero-order chi connectivity index (χ0) is 23.3. The molecule has 1 aliphatic heterocycles. The van der Waals surface area contributed by atoms with Crippen LogP contribution in [0.4, 0.5) is 19.2 Å². The van der Waals surface area contributed by atoms with E-state index in [0.29, 0.717) is 35.0 Å². The summed E-state index contributed by atoms with van der Waals surface area (Å²) in [5, 5.41) is 23.2. The van der Waals surface area contributed by atoms with Gasteiger partial charge in [-0.15, -0.1) is 0 Å². The van der Waals surface area contributed by atoms with Gasteiger partial charge in [-0.1, -0.05) is 0 Å². The van der Waals surface area contributed by atoms with E-state index in [-0.39, 0.29) is 23.3 Å². The summed E-state index contributed by atoms with van der Waals surface area (Å²) >= 11 is 0. The van der Waals surface area contributed by atoms with Gasteiger partial charge < -0.3 is 19.9 Å². The molecule has 0 spiro atoms. The number of fused-ring (bicyclic) bond motifs is 1. The second-order valence-corrected chi connectivity index (χ2v) is 8.98. The van der Waals surface area contributed by atoms with Gasteiger partial charge in [-0.2, -0.15) is 18.2 Å². The first-order valence-corrected chi connectivity index (χ1v) is 11.0. The van der Waals surface area contributed by atoms with E-state index in [4.69, 9.17) is 4.42 Å². The number of aromatic nitrogens is 2. The normalized spacial score (nSPS) is 24.1. The summed E-state index contributed by atoms with van der Waals surface area (Å²) < 4.78 is 44.9. The summed E-state index contributed by atoms with van der Waals surface area (Å²) in [6.45, 7) is 3.36. The first-order valence-electron chi connectivity index (χ1n) is 11.0. The number of anilines is 1. The van der Waals surface area contributed by atoms with Crippen molar-refractivity contribution in [1.29, 1.82) is 0 Å². The number of phenolic OH excluding ortho intramolecular Hbond substituents is 1. The second kappa shape index (κ2) is 8.18. The third kappa shape index (κ3) is 4.37. The molecule has 3 heterocycles.